The van der Waals surface area contributed by atoms with E-state index in [9.17, 15) is 5.11 Å². The van der Waals surface area contributed by atoms with Gasteiger partial charge in [-0.25, -0.2) is 0 Å². The predicted molar refractivity (Wildman–Crippen MR) is 63.0 cm³/mol. The van der Waals surface area contributed by atoms with Crippen molar-refractivity contribution in [3.05, 3.63) is 42.6 Å². The molecule has 15 heavy (non-hydrogen) atoms. The summed E-state index contributed by atoms with van der Waals surface area (Å²) in [5, 5.41) is 9.62. The van der Waals surface area contributed by atoms with Crippen molar-refractivity contribution in [2.45, 2.75) is 0 Å². The number of hydrogen-bond donors (Lipinski definition) is 2. The monoisotopic (exact) mass is 222 g/mol. The molecule has 0 fully saturated rings. The first-order valence-corrected chi connectivity index (χ1v) is 4.27. The van der Waals surface area contributed by atoms with Crippen LogP contribution in [0.5, 0.6) is 5.75 Å². The summed E-state index contributed by atoms with van der Waals surface area (Å²) in [5.74, 6) is 0.156. The van der Waals surface area contributed by atoms with Crippen LogP contribution in [0.15, 0.2) is 42.6 Å². The number of rotatable bonds is 1. The van der Waals surface area contributed by atoms with E-state index in [1.165, 1.54) is 6.07 Å². The van der Waals surface area contributed by atoms with Crippen LogP contribution in [0.25, 0.3) is 11.3 Å². The molecule has 1 aromatic heterocycles. The third-order valence-corrected chi connectivity index (χ3v) is 1.96. The van der Waals surface area contributed by atoms with Crippen LogP contribution in [-0.4, -0.2) is 10.1 Å². The van der Waals surface area contributed by atoms with Crippen LogP contribution < -0.4 is 5.73 Å². The molecule has 1 heterocycles. The average Bonchev–Trinajstić information content (AvgIpc) is 2.19. The molecule has 2 rings (SSSR count). The fourth-order valence-electron chi connectivity index (χ4n) is 1.29. The van der Waals surface area contributed by atoms with Crippen molar-refractivity contribution >= 4 is 18.1 Å². The number of aromatic hydroxyl groups is 1. The minimum absolute atomic E-state index is 0. The van der Waals surface area contributed by atoms with E-state index in [2.05, 4.69) is 4.98 Å². The Hall–Kier alpha value is -1.74. The lowest BCUT2D eigenvalue weighted by atomic mass is 10.1. The Morgan fingerprint density at radius 2 is 1.93 bits per heavy atom. The van der Waals surface area contributed by atoms with Crippen LogP contribution in [-0.2, 0) is 0 Å². The number of aromatic nitrogens is 1. The number of anilines is 1. The van der Waals surface area contributed by atoms with Gasteiger partial charge in [-0.15, -0.1) is 12.4 Å². The van der Waals surface area contributed by atoms with Crippen LogP contribution in [0, 0.1) is 0 Å². The maximum absolute atomic E-state index is 9.62. The van der Waals surface area contributed by atoms with Gasteiger partial charge in [-0.05, 0) is 24.3 Å². The van der Waals surface area contributed by atoms with E-state index in [0.29, 0.717) is 11.3 Å². The summed E-state index contributed by atoms with van der Waals surface area (Å²) in [5.41, 5.74) is 7.50. The third kappa shape index (κ3) is 2.39. The second-order valence-corrected chi connectivity index (χ2v) is 2.99. The average molecular weight is 223 g/mol. The minimum atomic E-state index is 0. The highest BCUT2D eigenvalue weighted by molar-refractivity contribution is 5.85. The van der Waals surface area contributed by atoms with Crippen molar-refractivity contribution in [2.24, 2.45) is 0 Å². The molecule has 0 atom stereocenters. The van der Waals surface area contributed by atoms with Gasteiger partial charge in [0.25, 0.3) is 0 Å². The zero-order valence-electron chi connectivity index (χ0n) is 7.92. The smallest absolute Gasteiger partial charge is 0.127 e. The van der Waals surface area contributed by atoms with Gasteiger partial charge in [-0.3, -0.25) is 4.98 Å². The molecular formula is C11H11ClN2O. The Morgan fingerprint density at radius 1 is 1.13 bits per heavy atom. The molecule has 0 amide bonds. The van der Waals surface area contributed by atoms with Crippen LogP contribution in [0.2, 0.25) is 0 Å². The molecule has 3 N–H and O–H groups in total. The first-order chi connectivity index (χ1) is 6.77. The topological polar surface area (TPSA) is 59.1 Å². The zero-order valence-corrected chi connectivity index (χ0v) is 8.74. The molecule has 2 aromatic rings. The lowest BCUT2D eigenvalue weighted by Crippen LogP contribution is -1.86. The van der Waals surface area contributed by atoms with Crippen LogP contribution in [0.4, 0.5) is 5.69 Å². The second kappa shape index (κ2) is 4.66. The Balaban J connectivity index is 0.00000112. The zero-order chi connectivity index (χ0) is 9.97. The van der Waals surface area contributed by atoms with Crippen LogP contribution >= 0.6 is 12.4 Å². The predicted octanol–water partition coefficient (Wildman–Crippen LogP) is 2.46. The molecule has 0 aliphatic carbocycles. The molecule has 0 saturated carbocycles. The molecule has 78 valence electrons. The fourth-order valence-corrected chi connectivity index (χ4v) is 1.29. The molecule has 0 bridgehead atoms. The summed E-state index contributed by atoms with van der Waals surface area (Å²) in [6.07, 6.45) is 1.69. The van der Waals surface area contributed by atoms with Gasteiger partial charge in [0, 0.05) is 23.5 Å². The van der Waals surface area contributed by atoms with E-state index in [4.69, 9.17) is 5.73 Å². The Morgan fingerprint density at radius 3 is 2.53 bits per heavy atom. The fraction of sp³-hybridized carbons (Fsp3) is 0. The molecule has 3 nitrogen and oxygen atoms in total. The van der Waals surface area contributed by atoms with E-state index in [0.717, 1.165) is 5.69 Å². The summed E-state index contributed by atoms with van der Waals surface area (Å²) in [7, 11) is 0. The maximum Gasteiger partial charge on any atom is 0.127 e. The van der Waals surface area contributed by atoms with E-state index in [1.54, 1.807) is 18.3 Å². The number of benzene rings is 1. The molecule has 4 heteroatoms. The molecule has 0 aliphatic rings. The Kier molecular flexibility index (Phi) is 3.52. The van der Waals surface area contributed by atoms with Crippen molar-refractivity contribution in [1.29, 1.82) is 0 Å². The Bertz CT molecular complexity index is 446. The molecule has 0 aliphatic heterocycles. The normalized spacial score (nSPS) is 9.33. The molecule has 0 spiro atoms. The van der Waals surface area contributed by atoms with Gasteiger partial charge in [0.1, 0.15) is 5.75 Å². The standard InChI is InChI=1S/C11H10N2O.ClH/c12-8-4-5-9(11(14)7-8)10-3-1-2-6-13-10;/h1-7,14H,12H2;1H. The van der Waals surface area contributed by atoms with Gasteiger partial charge in [-0.1, -0.05) is 6.07 Å². The highest BCUT2D eigenvalue weighted by Crippen LogP contribution is 2.28. The van der Waals surface area contributed by atoms with Gasteiger partial charge < -0.3 is 10.8 Å². The summed E-state index contributed by atoms with van der Waals surface area (Å²) >= 11 is 0. The van der Waals surface area contributed by atoms with Gasteiger partial charge in [0.05, 0.1) is 5.69 Å². The van der Waals surface area contributed by atoms with Crippen molar-refractivity contribution in [1.82, 2.24) is 4.98 Å². The number of nitrogens with two attached hydrogens (primary N) is 1. The van der Waals surface area contributed by atoms with E-state index >= 15 is 0 Å². The summed E-state index contributed by atoms with van der Waals surface area (Å²) < 4.78 is 0. The van der Waals surface area contributed by atoms with E-state index in [-0.39, 0.29) is 18.2 Å². The molecule has 0 unspecified atom stereocenters. The van der Waals surface area contributed by atoms with E-state index < -0.39 is 0 Å². The first-order valence-electron chi connectivity index (χ1n) is 4.27. The van der Waals surface area contributed by atoms with Gasteiger partial charge in [0.15, 0.2) is 0 Å². The number of phenolic OH excluding ortho intramolecular Hbond substituents is 1. The van der Waals surface area contributed by atoms with E-state index in [1.807, 2.05) is 18.2 Å². The number of pyridine rings is 1. The molecule has 0 radical (unpaired) electrons. The van der Waals surface area contributed by atoms with Crippen LogP contribution in [0.3, 0.4) is 0 Å². The van der Waals surface area contributed by atoms with Crippen molar-refractivity contribution in [2.75, 3.05) is 5.73 Å². The molecule has 0 saturated heterocycles. The maximum atomic E-state index is 9.62. The van der Waals surface area contributed by atoms with Crippen LogP contribution in [0.1, 0.15) is 0 Å². The van der Waals surface area contributed by atoms with Gasteiger partial charge in [0.2, 0.25) is 0 Å². The SMILES string of the molecule is Cl.Nc1ccc(-c2ccccn2)c(O)c1. The second-order valence-electron chi connectivity index (χ2n) is 2.99. The number of halogens is 1. The molecular weight excluding hydrogens is 212 g/mol. The lowest BCUT2D eigenvalue weighted by molar-refractivity contribution is 0.477. The number of hydrogen-bond acceptors (Lipinski definition) is 3. The summed E-state index contributed by atoms with van der Waals surface area (Å²) in [4.78, 5) is 4.14. The van der Waals surface area contributed by atoms with Crippen molar-refractivity contribution in [3.8, 4) is 17.0 Å². The number of nitrogens with zero attached hydrogens (tertiary/aromatic N) is 1. The largest absolute Gasteiger partial charge is 0.507 e. The van der Waals surface area contributed by atoms with Crippen molar-refractivity contribution in [3.63, 3.8) is 0 Å². The number of phenols is 1. The quantitative estimate of drug-likeness (QED) is 0.729. The van der Waals surface area contributed by atoms with Gasteiger partial charge >= 0.3 is 0 Å². The third-order valence-electron chi connectivity index (χ3n) is 1.96. The lowest BCUT2D eigenvalue weighted by Gasteiger charge is -2.03. The number of nitrogen functional groups attached to an aromatic ring is 1. The van der Waals surface area contributed by atoms with Crippen molar-refractivity contribution < 1.29 is 5.11 Å². The minimum Gasteiger partial charge on any atom is -0.507 e. The summed E-state index contributed by atoms with van der Waals surface area (Å²) in [6, 6.07) is 10.6. The Labute approximate surface area is 94.0 Å². The first kappa shape index (κ1) is 11.3. The molecule has 1 aromatic carbocycles. The highest BCUT2D eigenvalue weighted by atomic mass is 35.5. The highest BCUT2D eigenvalue weighted by Gasteiger charge is 2.04. The summed E-state index contributed by atoms with van der Waals surface area (Å²) in [6.45, 7) is 0. The van der Waals surface area contributed by atoms with Gasteiger partial charge in [-0.2, -0.15) is 0 Å².